The molecule has 9 heteroatoms. The van der Waals surface area contributed by atoms with Crippen LogP contribution >= 0.6 is 0 Å². The van der Waals surface area contributed by atoms with Gasteiger partial charge in [-0.1, -0.05) is 13.0 Å². The number of aryl methyl sites for hydroxylation is 1. The van der Waals surface area contributed by atoms with Gasteiger partial charge in [-0.15, -0.1) is 0 Å². The normalized spacial score (nSPS) is 11.2. The Labute approximate surface area is 171 Å². The van der Waals surface area contributed by atoms with Crippen molar-refractivity contribution in [2.24, 2.45) is 0 Å². The quantitative estimate of drug-likeness (QED) is 0.501. The Morgan fingerprint density at radius 1 is 1.13 bits per heavy atom. The molecule has 0 unspecified atom stereocenters. The number of amides is 1. The lowest BCUT2D eigenvalue weighted by atomic mass is 10.2. The average molecular weight is 410 g/mol. The smallest absolute Gasteiger partial charge is 0.291 e. The van der Waals surface area contributed by atoms with Gasteiger partial charge in [-0.25, -0.2) is 4.68 Å². The van der Waals surface area contributed by atoms with Crippen molar-refractivity contribution in [1.82, 2.24) is 19.5 Å². The second-order valence-corrected chi connectivity index (χ2v) is 6.73. The summed E-state index contributed by atoms with van der Waals surface area (Å²) in [6.07, 6.45) is 2.17. The fourth-order valence-corrected chi connectivity index (χ4v) is 3.44. The van der Waals surface area contributed by atoms with Crippen LogP contribution in [0.2, 0.25) is 0 Å². The molecule has 30 heavy (non-hydrogen) atoms. The Morgan fingerprint density at radius 3 is 2.67 bits per heavy atom. The van der Waals surface area contributed by atoms with Crippen molar-refractivity contribution in [3.05, 3.63) is 58.3 Å². The van der Waals surface area contributed by atoms with Crippen LogP contribution in [0.5, 0.6) is 11.5 Å². The highest BCUT2D eigenvalue weighted by Gasteiger charge is 2.16. The van der Waals surface area contributed by atoms with E-state index in [1.165, 1.54) is 4.68 Å². The van der Waals surface area contributed by atoms with Crippen molar-refractivity contribution in [3.8, 4) is 11.5 Å². The van der Waals surface area contributed by atoms with E-state index in [0.29, 0.717) is 34.8 Å². The number of ether oxygens (including phenoxy) is 2. The Bertz CT molecular complexity index is 1280. The fourth-order valence-electron chi connectivity index (χ4n) is 3.44. The SMILES string of the molecule is CCc1nn(CC(=O)NCc2ccc(OC)c(OC)c2)c(=O)c2cc3occc3n12. The number of fused-ring (bicyclic) bond motifs is 3. The zero-order valence-electron chi connectivity index (χ0n) is 17.0. The molecule has 0 atom stereocenters. The summed E-state index contributed by atoms with van der Waals surface area (Å²) in [6, 6.07) is 8.87. The number of carbonyl (C=O) groups is 1. The molecule has 0 aliphatic heterocycles. The summed E-state index contributed by atoms with van der Waals surface area (Å²) >= 11 is 0. The second kappa shape index (κ2) is 7.94. The Kier molecular flexibility index (Phi) is 5.18. The molecule has 1 N–H and O–H groups in total. The molecule has 3 heterocycles. The number of hydrogen-bond donors (Lipinski definition) is 1. The predicted octanol–water partition coefficient (Wildman–Crippen LogP) is 2.14. The van der Waals surface area contributed by atoms with Crippen LogP contribution in [0.1, 0.15) is 18.3 Å². The van der Waals surface area contributed by atoms with E-state index in [9.17, 15) is 9.59 Å². The number of aromatic nitrogens is 3. The molecule has 0 radical (unpaired) electrons. The molecule has 0 aliphatic carbocycles. The minimum absolute atomic E-state index is 0.178. The third-order valence-corrected chi connectivity index (χ3v) is 4.92. The zero-order chi connectivity index (χ0) is 21.3. The van der Waals surface area contributed by atoms with Crippen LogP contribution in [0, 0.1) is 0 Å². The molecule has 0 bridgehead atoms. The first-order valence-corrected chi connectivity index (χ1v) is 9.52. The lowest BCUT2D eigenvalue weighted by Gasteiger charge is -2.12. The van der Waals surface area contributed by atoms with Crippen molar-refractivity contribution >= 4 is 22.5 Å². The molecule has 3 aromatic heterocycles. The van der Waals surface area contributed by atoms with Crippen LogP contribution < -0.4 is 20.3 Å². The summed E-state index contributed by atoms with van der Waals surface area (Å²) in [4.78, 5) is 25.3. The van der Waals surface area contributed by atoms with E-state index in [4.69, 9.17) is 13.9 Å². The maximum atomic E-state index is 12.9. The van der Waals surface area contributed by atoms with Crippen molar-refractivity contribution in [2.45, 2.75) is 26.4 Å². The molecule has 9 nitrogen and oxygen atoms in total. The van der Waals surface area contributed by atoms with Gasteiger partial charge in [0.1, 0.15) is 17.9 Å². The molecular weight excluding hydrogens is 388 g/mol. The first-order valence-electron chi connectivity index (χ1n) is 9.52. The molecule has 156 valence electrons. The van der Waals surface area contributed by atoms with Crippen molar-refractivity contribution in [2.75, 3.05) is 14.2 Å². The van der Waals surface area contributed by atoms with Gasteiger partial charge < -0.3 is 19.2 Å². The van der Waals surface area contributed by atoms with Gasteiger partial charge in [0.15, 0.2) is 17.1 Å². The first-order chi connectivity index (χ1) is 14.5. The Hall–Kier alpha value is -3.75. The monoisotopic (exact) mass is 410 g/mol. The minimum Gasteiger partial charge on any atom is -0.493 e. The lowest BCUT2D eigenvalue weighted by Crippen LogP contribution is -2.35. The fraction of sp³-hybridized carbons (Fsp3) is 0.286. The largest absolute Gasteiger partial charge is 0.493 e. The van der Waals surface area contributed by atoms with Crippen LogP contribution in [-0.4, -0.2) is 34.3 Å². The molecular formula is C21H22N4O5. The number of rotatable bonds is 7. The maximum Gasteiger partial charge on any atom is 0.291 e. The summed E-state index contributed by atoms with van der Waals surface area (Å²) < 4.78 is 18.9. The number of nitrogens with zero attached hydrogens (tertiary/aromatic N) is 3. The van der Waals surface area contributed by atoms with Crippen LogP contribution in [0.4, 0.5) is 0 Å². The molecule has 4 aromatic rings. The van der Waals surface area contributed by atoms with Gasteiger partial charge in [-0.05, 0) is 17.7 Å². The predicted molar refractivity (Wildman–Crippen MR) is 110 cm³/mol. The van der Waals surface area contributed by atoms with Gasteiger partial charge in [0, 0.05) is 25.1 Å². The van der Waals surface area contributed by atoms with Gasteiger partial charge in [-0.2, -0.15) is 5.10 Å². The molecule has 1 aromatic carbocycles. The van der Waals surface area contributed by atoms with Crippen LogP contribution in [0.3, 0.4) is 0 Å². The van der Waals surface area contributed by atoms with Crippen LogP contribution in [0.25, 0.3) is 16.6 Å². The van der Waals surface area contributed by atoms with Crippen LogP contribution in [0.15, 0.2) is 45.8 Å². The lowest BCUT2D eigenvalue weighted by molar-refractivity contribution is -0.122. The van der Waals surface area contributed by atoms with Gasteiger partial charge in [-0.3, -0.25) is 14.0 Å². The van der Waals surface area contributed by atoms with Crippen LogP contribution in [-0.2, 0) is 24.3 Å². The Morgan fingerprint density at radius 2 is 1.93 bits per heavy atom. The molecule has 0 aliphatic rings. The van der Waals surface area contributed by atoms with E-state index in [-0.39, 0.29) is 24.6 Å². The van der Waals surface area contributed by atoms with Gasteiger partial charge in [0.25, 0.3) is 5.56 Å². The highest BCUT2D eigenvalue weighted by molar-refractivity contribution is 5.82. The topological polar surface area (TPSA) is 100 Å². The third-order valence-electron chi connectivity index (χ3n) is 4.92. The summed E-state index contributed by atoms with van der Waals surface area (Å²) in [6.45, 7) is 2.05. The summed E-state index contributed by atoms with van der Waals surface area (Å²) in [7, 11) is 3.12. The second-order valence-electron chi connectivity index (χ2n) is 6.73. The summed E-state index contributed by atoms with van der Waals surface area (Å²) in [5, 5.41) is 7.20. The van der Waals surface area contributed by atoms with Crippen molar-refractivity contribution in [3.63, 3.8) is 0 Å². The number of methoxy groups -OCH3 is 2. The molecule has 0 spiro atoms. The first kappa shape index (κ1) is 19.6. The van der Waals surface area contributed by atoms with Crippen molar-refractivity contribution in [1.29, 1.82) is 0 Å². The zero-order valence-corrected chi connectivity index (χ0v) is 17.0. The molecule has 1 amide bonds. The summed E-state index contributed by atoms with van der Waals surface area (Å²) in [5.41, 5.74) is 2.33. The highest BCUT2D eigenvalue weighted by Crippen LogP contribution is 2.27. The number of benzene rings is 1. The van der Waals surface area contributed by atoms with E-state index >= 15 is 0 Å². The molecule has 0 saturated heterocycles. The number of hydrogen-bond acceptors (Lipinski definition) is 6. The average Bonchev–Trinajstić information content (AvgIpc) is 3.36. The summed E-state index contributed by atoms with van der Waals surface area (Å²) in [5.74, 6) is 1.55. The van der Waals surface area contributed by atoms with Gasteiger partial charge in [0.2, 0.25) is 5.91 Å². The third kappa shape index (κ3) is 3.38. The standard InChI is InChI=1S/C21H22N4O5/c1-4-19-23-24(21(27)15-10-17-14(25(15)19)7-8-30-17)12-20(26)22-11-13-5-6-16(28-2)18(9-13)29-3/h5-10H,4,11-12H2,1-3H3,(H,22,26). The minimum atomic E-state index is -0.347. The molecule has 4 rings (SSSR count). The van der Waals surface area contributed by atoms with E-state index in [1.807, 2.05) is 13.0 Å². The van der Waals surface area contributed by atoms with E-state index < -0.39 is 0 Å². The van der Waals surface area contributed by atoms with E-state index in [1.54, 1.807) is 49.1 Å². The van der Waals surface area contributed by atoms with E-state index in [2.05, 4.69) is 10.4 Å². The number of carbonyl (C=O) groups excluding carboxylic acids is 1. The number of furan rings is 1. The molecule has 0 fully saturated rings. The Balaban J connectivity index is 1.54. The molecule has 0 saturated carbocycles. The van der Waals surface area contributed by atoms with Gasteiger partial charge in [0.05, 0.1) is 26.0 Å². The maximum absolute atomic E-state index is 12.9. The van der Waals surface area contributed by atoms with Gasteiger partial charge >= 0.3 is 0 Å². The highest BCUT2D eigenvalue weighted by atomic mass is 16.5. The number of nitrogens with one attached hydrogen (secondary N) is 1. The van der Waals surface area contributed by atoms with E-state index in [0.717, 1.165) is 11.1 Å². The van der Waals surface area contributed by atoms with Crippen molar-refractivity contribution < 1.29 is 18.7 Å².